The van der Waals surface area contributed by atoms with Gasteiger partial charge >= 0.3 is 0 Å². The van der Waals surface area contributed by atoms with Crippen molar-refractivity contribution in [2.45, 2.75) is 44.7 Å². The maximum absolute atomic E-state index is 6.08. The van der Waals surface area contributed by atoms with Crippen LogP contribution in [-0.4, -0.2) is 21.7 Å². The Kier molecular flexibility index (Phi) is 4.24. The van der Waals surface area contributed by atoms with Crippen molar-refractivity contribution in [3.05, 3.63) is 18.0 Å². The molecule has 2 unspecified atom stereocenters. The number of hydrogen-bond donors (Lipinski definition) is 1. The zero-order chi connectivity index (χ0) is 11.4. The normalized spacial score (nSPS) is 25.1. The van der Waals surface area contributed by atoms with E-state index in [-0.39, 0.29) is 0 Å². The zero-order valence-electron chi connectivity index (χ0n) is 9.82. The molecule has 0 aliphatic heterocycles. The first-order chi connectivity index (χ1) is 7.78. The minimum absolute atomic E-state index is 0.412. The molecule has 1 aliphatic rings. The Balaban J connectivity index is 1.67. The second-order valence-corrected chi connectivity index (χ2v) is 5.23. The largest absolute Gasteiger partial charge is 0.312 e. The number of aryl methyl sites for hydroxylation is 1. The van der Waals surface area contributed by atoms with Gasteiger partial charge in [0, 0.05) is 30.2 Å². The van der Waals surface area contributed by atoms with E-state index in [4.69, 9.17) is 11.6 Å². The van der Waals surface area contributed by atoms with Gasteiger partial charge in [0.2, 0.25) is 0 Å². The highest BCUT2D eigenvalue weighted by Crippen LogP contribution is 2.28. The zero-order valence-corrected chi connectivity index (χ0v) is 10.6. The Labute approximate surface area is 102 Å². The van der Waals surface area contributed by atoms with E-state index in [1.54, 1.807) is 0 Å². The van der Waals surface area contributed by atoms with E-state index in [0.29, 0.717) is 5.38 Å². The maximum Gasteiger partial charge on any atom is 0.0534 e. The van der Waals surface area contributed by atoms with E-state index >= 15 is 0 Å². The Bertz CT molecular complexity index is 324. The van der Waals surface area contributed by atoms with Crippen LogP contribution in [0.1, 0.15) is 31.7 Å². The van der Waals surface area contributed by atoms with Gasteiger partial charge in [-0.1, -0.05) is 0 Å². The second-order valence-electron chi connectivity index (χ2n) is 4.61. The Morgan fingerprint density at radius 2 is 2.44 bits per heavy atom. The molecule has 1 saturated carbocycles. The molecule has 4 heteroatoms. The molecule has 2 rings (SSSR count). The summed E-state index contributed by atoms with van der Waals surface area (Å²) in [6.07, 6.45) is 7.67. The molecule has 90 valence electrons. The molecule has 0 saturated heterocycles. The summed E-state index contributed by atoms with van der Waals surface area (Å²) in [7, 11) is 0. The third-order valence-electron chi connectivity index (χ3n) is 3.25. The number of nitrogens with one attached hydrogen (secondary N) is 1. The van der Waals surface area contributed by atoms with Crippen LogP contribution in [0.2, 0.25) is 0 Å². The van der Waals surface area contributed by atoms with E-state index in [1.807, 2.05) is 10.9 Å². The molecule has 2 atom stereocenters. The lowest BCUT2D eigenvalue weighted by molar-refractivity contribution is 0.489. The van der Waals surface area contributed by atoms with Crippen LogP contribution in [-0.2, 0) is 13.1 Å². The summed E-state index contributed by atoms with van der Waals surface area (Å²) in [5, 5.41) is 8.15. The van der Waals surface area contributed by atoms with E-state index in [2.05, 4.69) is 23.5 Å². The third kappa shape index (κ3) is 3.22. The van der Waals surface area contributed by atoms with Gasteiger partial charge in [-0.25, -0.2) is 0 Å². The molecule has 1 heterocycles. The molecule has 1 fully saturated rings. The molecule has 3 nitrogen and oxygen atoms in total. The lowest BCUT2D eigenvalue weighted by atomic mass is 10.1. The molecule has 0 bridgehead atoms. The molecular weight excluding hydrogens is 222 g/mol. The molecule has 1 N–H and O–H groups in total. The summed E-state index contributed by atoms with van der Waals surface area (Å²) in [6, 6.07) is 0. The van der Waals surface area contributed by atoms with E-state index in [1.165, 1.54) is 24.8 Å². The van der Waals surface area contributed by atoms with Crippen molar-refractivity contribution in [2.75, 3.05) is 6.54 Å². The first-order valence-electron chi connectivity index (χ1n) is 6.14. The van der Waals surface area contributed by atoms with Gasteiger partial charge in [-0.05, 0) is 38.6 Å². The molecule has 0 amide bonds. The van der Waals surface area contributed by atoms with Gasteiger partial charge in [-0.2, -0.15) is 5.10 Å². The van der Waals surface area contributed by atoms with Gasteiger partial charge in [0.15, 0.2) is 0 Å². The average molecular weight is 242 g/mol. The van der Waals surface area contributed by atoms with Crippen LogP contribution >= 0.6 is 11.6 Å². The van der Waals surface area contributed by atoms with Crippen molar-refractivity contribution in [1.82, 2.24) is 15.1 Å². The molecular formula is C12H20ClN3. The van der Waals surface area contributed by atoms with Crippen molar-refractivity contribution in [1.29, 1.82) is 0 Å². The number of rotatable bonds is 5. The van der Waals surface area contributed by atoms with Gasteiger partial charge in [0.25, 0.3) is 0 Å². The molecule has 1 aliphatic carbocycles. The van der Waals surface area contributed by atoms with Crippen molar-refractivity contribution in [3.8, 4) is 0 Å². The van der Waals surface area contributed by atoms with Crippen LogP contribution in [0.25, 0.3) is 0 Å². The number of halogens is 1. The third-order valence-corrected chi connectivity index (χ3v) is 3.65. The van der Waals surface area contributed by atoms with E-state index in [9.17, 15) is 0 Å². The first kappa shape index (κ1) is 11.9. The summed E-state index contributed by atoms with van der Waals surface area (Å²) >= 11 is 6.08. The fourth-order valence-electron chi connectivity index (χ4n) is 2.29. The van der Waals surface area contributed by atoms with Crippen LogP contribution in [0.15, 0.2) is 12.4 Å². The summed E-state index contributed by atoms with van der Waals surface area (Å²) in [5.41, 5.74) is 1.27. The van der Waals surface area contributed by atoms with Crippen molar-refractivity contribution < 1.29 is 0 Å². The number of hydrogen-bond acceptors (Lipinski definition) is 2. The average Bonchev–Trinajstić information content (AvgIpc) is 2.88. The summed E-state index contributed by atoms with van der Waals surface area (Å²) in [6.45, 7) is 5.05. The highest BCUT2D eigenvalue weighted by atomic mass is 35.5. The molecule has 1 aromatic heterocycles. The molecule has 1 aromatic rings. The second kappa shape index (κ2) is 5.69. The van der Waals surface area contributed by atoms with Gasteiger partial charge in [0.05, 0.1) is 6.20 Å². The van der Waals surface area contributed by atoms with Gasteiger partial charge < -0.3 is 5.32 Å². The van der Waals surface area contributed by atoms with Gasteiger partial charge in [-0.15, -0.1) is 11.6 Å². The Morgan fingerprint density at radius 1 is 1.56 bits per heavy atom. The number of aromatic nitrogens is 2. The van der Waals surface area contributed by atoms with Crippen molar-refractivity contribution >= 4 is 11.6 Å². The monoisotopic (exact) mass is 241 g/mol. The van der Waals surface area contributed by atoms with Crippen LogP contribution in [0.3, 0.4) is 0 Å². The summed E-state index contributed by atoms with van der Waals surface area (Å²) in [5.74, 6) is 0.767. The van der Waals surface area contributed by atoms with Gasteiger partial charge in [-0.3, -0.25) is 4.68 Å². The topological polar surface area (TPSA) is 29.9 Å². The maximum atomic E-state index is 6.08. The number of nitrogens with zero attached hydrogens (tertiary/aromatic N) is 2. The predicted octanol–water partition coefficient (Wildman–Crippen LogP) is 2.40. The fraction of sp³-hybridized carbons (Fsp3) is 0.750. The minimum Gasteiger partial charge on any atom is -0.312 e. The highest BCUT2D eigenvalue weighted by molar-refractivity contribution is 6.20. The minimum atomic E-state index is 0.412. The van der Waals surface area contributed by atoms with Crippen LogP contribution in [0.4, 0.5) is 0 Å². The smallest absolute Gasteiger partial charge is 0.0534 e. The Morgan fingerprint density at radius 3 is 3.06 bits per heavy atom. The molecule has 0 radical (unpaired) electrons. The lowest BCUT2D eigenvalue weighted by Crippen LogP contribution is -2.20. The first-order valence-corrected chi connectivity index (χ1v) is 6.57. The van der Waals surface area contributed by atoms with Crippen molar-refractivity contribution in [2.24, 2.45) is 5.92 Å². The highest BCUT2D eigenvalue weighted by Gasteiger charge is 2.22. The van der Waals surface area contributed by atoms with Crippen molar-refractivity contribution in [3.63, 3.8) is 0 Å². The number of alkyl halides is 1. The SMILES string of the molecule is CCn1cc(CNCC2CCC(Cl)C2)cn1. The molecule has 0 spiro atoms. The predicted molar refractivity (Wildman–Crippen MR) is 66.6 cm³/mol. The summed E-state index contributed by atoms with van der Waals surface area (Å²) in [4.78, 5) is 0. The van der Waals surface area contributed by atoms with Crippen LogP contribution < -0.4 is 5.32 Å². The lowest BCUT2D eigenvalue weighted by Gasteiger charge is -2.09. The molecule has 16 heavy (non-hydrogen) atoms. The fourth-order valence-corrected chi connectivity index (χ4v) is 2.67. The molecule has 0 aromatic carbocycles. The van der Waals surface area contributed by atoms with Gasteiger partial charge in [0.1, 0.15) is 0 Å². The van der Waals surface area contributed by atoms with E-state index < -0.39 is 0 Å². The van der Waals surface area contributed by atoms with Crippen LogP contribution in [0, 0.1) is 5.92 Å². The summed E-state index contributed by atoms with van der Waals surface area (Å²) < 4.78 is 1.96. The van der Waals surface area contributed by atoms with Crippen LogP contribution in [0.5, 0.6) is 0 Å². The van der Waals surface area contributed by atoms with E-state index in [0.717, 1.165) is 25.6 Å². The standard InChI is InChI=1S/C12H20ClN3/c1-2-16-9-11(8-15-16)7-14-6-10-3-4-12(13)5-10/h8-10,12,14H,2-7H2,1H3. The quantitative estimate of drug-likeness (QED) is 0.803. The Hall–Kier alpha value is -0.540.